The molecule has 0 aliphatic carbocycles. The average Bonchev–Trinajstić information content (AvgIpc) is 3.01. The number of amides is 1. The van der Waals surface area contributed by atoms with Gasteiger partial charge in [0.1, 0.15) is 0 Å². The van der Waals surface area contributed by atoms with E-state index in [0.29, 0.717) is 17.8 Å². The van der Waals surface area contributed by atoms with Crippen LogP contribution in [-0.4, -0.2) is 48.9 Å². The molecule has 3 atom stereocenters. The Morgan fingerprint density at radius 3 is 2.44 bits per heavy atom. The van der Waals surface area contributed by atoms with E-state index in [1.54, 1.807) is 11.8 Å². The maximum absolute atomic E-state index is 13.0. The van der Waals surface area contributed by atoms with Crippen LogP contribution >= 0.6 is 0 Å². The number of hydrogen-bond acceptors (Lipinski definition) is 3. The van der Waals surface area contributed by atoms with Crippen LogP contribution in [0.3, 0.4) is 0 Å². The fourth-order valence-electron chi connectivity index (χ4n) is 3.06. The normalized spacial score (nSPS) is 19.4. The van der Waals surface area contributed by atoms with Gasteiger partial charge in [-0.2, -0.15) is 0 Å². The first kappa shape index (κ1) is 17.9. The summed E-state index contributed by atoms with van der Waals surface area (Å²) in [4.78, 5) is 14.7. The zero-order valence-corrected chi connectivity index (χ0v) is 15.8. The molecular weight excluding hydrogens is 381 g/mol. The minimum atomic E-state index is -0.848. The molecule has 1 aliphatic heterocycles. The summed E-state index contributed by atoms with van der Waals surface area (Å²) in [5.74, 6) is -0.700. The van der Waals surface area contributed by atoms with Crippen LogP contribution in [0.25, 0.3) is 0 Å². The molecule has 0 bridgehead atoms. The van der Waals surface area contributed by atoms with E-state index in [2.05, 4.69) is 15.6 Å². The standard InChI is InChI=1S/C20H21NO3Se/c1-14(18(22)16-10-6-3-7-11-16)19(23)21-17(13-24-20(21)25)12-15-8-4-2-5-9-15/h2-11,14,17-18,22H,12-13H2,1H3/t14-,17+,18-/m1/s1. The SMILES string of the molecule is C[C@@H](C(=O)N1C(=[Se])OC[C@@H]1Cc1ccccc1)[C@@H](O)c1ccccc1. The molecule has 2 aromatic rings. The van der Waals surface area contributed by atoms with Crippen LogP contribution in [0.2, 0.25) is 0 Å². The Morgan fingerprint density at radius 1 is 1.20 bits per heavy atom. The van der Waals surface area contributed by atoms with Gasteiger partial charge in [0.25, 0.3) is 0 Å². The predicted molar refractivity (Wildman–Crippen MR) is 98.1 cm³/mol. The molecular formula is C20H21NO3Se. The van der Waals surface area contributed by atoms with Crippen molar-refractivity contribution in [3.63, 3.8) is 0 Å². The molecule has 1 N–H and O–H groups in total. The second-order valence-electron chi connectivity index (χ2n) is 6.27. The molecule has 1 aliphatic rings. The molecule has 0 saturated carbocycles. The van der Waals surface area contributed by atoms with Crippen molar-refractivity contribution in [2.45, 2.75) is 25.5 Å². The van der Waals surface area contributed by atoms with Gasteiger partial charge in [-0.05, 0) is 0 Å². The topological polar surface area (TPSA) is 49.8 Å². The zero-order valence-electron chi connectivity index (χ0n) is 14.0. The van der Waals surface area contributed by atoms with Crippen molar-refractivity contribution in [1.82, 2.24) is 4.90 Å². The quantitative estimate of drug-likeness (QED) is 0.780. The van der Waals surface area contributed by atoms with E-state index in [-0.39, 0.29) is 11.9 Å². The van der Waals surface area contributed by atoms with Crippen molar-refractivity contribution in [1.29, 1.82) is 0 Å². The average molecular weight is 402 g/mol. The van der Waals surface area contributed by atoms with Crippen molar-refractivity contribution < 1.29 is 14.6 Å². The van der Waals surface area contributed by atoms with Crippen molar-refractivity contribution >= 4 is 26.2 Å². The summed E-state index contributed by atoms with van der Waals surface area (Å²) in [5, 5.41) is 10.6. The molecule has 25 heavy (non-hydrogen) atoms. The zero-order chi connectivity index (χ0) is 17.8. The third-order valence-electron chi connectivity index (χ3n) is 4.52. The van der Waals surface area contributed by atoms with E-state index in [4.69, 9.17) is 4.74 Å². The van der Waals surface area contributed by atoms with Gasteiger partial charge in [-0.15, -0.1) is 0 Å². The molecule has 130 valence electrons. The number of carbonyl (C=O) groups excluding carboxylic acids is 1. The first-order valence-corrected chi connectivity index (χ1v) is 9.20. The number of benzene rings is 2. The molecule has 1 amide bonds. The van der Waals surface area contributed by atoms with Crippen molar-refractivity contribution in [2.24, 2.45) is 5.92 Å². The predicted octanol–water partition coefficient (Wildman–Crippen LogP) is 2.08. The van der Waals surface area contributed by atoms with Crippen molar-refractivity contribution in [3.8, 4) is 0 Å². The Labute approximate surface area is 155 Å². The number of hydrogen-bond donors (Lipinski definition) is 1. The Kier molecular flexibility index (Phi) is 5.69. The first-order chi connectivity index (χ1) is 12.1. The summed E-state index contributed by atoms with van der Waals surface area (Å²) in [6.07, 6.45) is -0.134. The molecule has 3 rings (SSSR count). The fraction of sp³-hybridized carbons (Fsp3) is 0.300. The monoisotopic (exact) mass is 403 g/mol. The maximum atomic E-state index is 13.0. The van der Waals surface area contributed by atoms with Crippen LogP contribution in [0.5, 0.6) is 0 Å². The summed E-state index contributed by atoms with van der Waals surface area (Å²) < 4.78 is 6.08. The summed E-state index contributed by atoms with van der Waals surface area (Å²) >= 11 is 2.84. The summed E-state index contributed by atoms with van der Waals surface area (Å²) in [6.45, 7) is 2.21. The molecule has 4 nitrogen and oxygen atoms in total. The van der Waals surface area contributed by atoms with Gasteiger partial charge in [0.15, 0.2) is 0 Å². The molecule has 0 unspecified atom stereocenters. The molecule has 0 radical (unpaired) electrons. The molecule has 0 spiro atoms. The van der Waals surface area contributed by atoms with E-state index >= 15 is 0 Å². The Balaban J connectivity index is 1.75. The van der Waals surface area contributed by atoms with Crippen LogP contribution in [0.4, 0.5) is 0 Å². The van der Waals surface area contributed by atoms with E-state index in [0.717, 1.165) is 11.1 Å². The van der Waals surface area contributed by atoms with Gasteiger partial charge in [0.05, 0.1) is 0 Å². The van der Waals surface area contributed by atoms with Gasteiger partial charge >= 0.3 is 156 Å². The molecule has 1 fully saturated rings. The summed E-state index contributed by atoms with van der Waals surface area (Å²) in [6, 6.07) is 19.2. The number of aliphatic hydroxyl groups is 1. The second kappa shape index (κ2) is 7.96. The Hall–Kier alpha value is -1.94. The van der Waals surface area contributed by atoms with Gasteiger partial charge in [-0.3, -0.25) is 0 Å². The van der Waals surface area contributed by atoms with Gasteiger partial charge < -0.3 is 0 Å². The second-order valence-corrected chi connectivity index (χ2v) is 7.01. The van der Waals surface area contributed by atoms with Gasteiger partial charge in [-0.1, -0.05) is 0 Å². The molecule has 2 aromatic carbocycles. The molecule has 5 heteroatoms. The van der Waals surface area contributed by atoms with Crippen LogP contribution in [0.1, 0.15) is 24.2 Å². The van der Waals surface area contributed by atoms with E-state index < -0.39 is 12.0 Å². The first-order valence-electron chi connectivity index (χ1n) is 8.34. The van der Waals surface area contributed by atoms with E-state index in [1.807, 2.05) is 60.7 Å². The van der Waals surface area contributed by atoms with Crippen LogP contribution < -0.4 is 0 Å². The van der Waals surface area contributed by atoms with E-state index in [1.165, 1.54) is 0 Å². The number of carbonyl (C=O) groups is 1. The van der Waals surface area contributed by atoms with Crippen molar-refractivity contribution in [2.75, 3.05) is 6.61 Å². The van der Waals surface area contributed by atoms with Crippen LogP contribution in [0.15, 0.2) is 60.7 Å². The summed E-state index contributed by atoms with van der Waals surface area (Å²) in [5.41, 5.74) is 1.89. The number of rotatable bonds is 5. The Bertz CT molecular complexity index is 735. The molecule has 0 aromatic heterocycles. The number of nitrogens with zero attached hydrogens (tertiary/aromatic N) is 1. The number of ether oxygens (including phenoxy) is 1. The van der Waals surface area contributed by atoms with Gasteiger partial charge in [-0.25, -0.2) is 0 Å². The fourth-order valence-corrected chi connectivity index (χ4v) is 3.70. The minimum absolute atomic E-state index is 0.0726. The Morgan fingerprint density at radius 2 is 1.80 bits per heavy atom. The third kappa shape index (κ3) is 4.01. The third-order valence-corrected chi connectivity index (χ3v) is 5.18. The van der Waals surface area contributed by atoms with Crippen LogP contribution in [-0.2, 0) is 16.0 Å². The molecule has 1 saturated heterocycles. The summed E-state index contributed by atoms with van der Waals surface area (Å²) in [7, 11) is 0. The van der Waals surface area contributed by atoms with Gasteiger partial charge in [0.2, 0.25) is 0 Å². The van der Waals surface area contributed by atoms with Gasteiger partial charge in [0, 0.05) is 0 Å². The van der Waals surface area contributed by atoms with E-state index in [9.17, 15) is 9.90 Å². The van der Waals surface area contributed by atoms with Crippen LogP contribution in [0, 0.1) is 5.92 Å². The van der Waals surface area contributed by atoms with Crippen molar-refractivity contribution in [3.05, 3.63) is 71.8 Å². The number of aliphatic hydroxyl groups excluding tert-OH is 1. The molecule has 1 heterocycles.